The van der Waals surface area contributed by atoms with Gasteiger partial charge in [0.2, 0.25) is 0 Å². The van der Waals surface area contributed by atoms with Crippen LogP contribution >= 0.6 is 0 Å². The summed E-state index contributed by atoms with van der Waals surface area (Å²) in [5.41, 5.74) is -0.739. The number of nitrogens with one attached hydrogen (secondary N) is 1. The topological polar surface area (TPSA) is 102 Å². The lowest BCUT2D eigenvalue weighted by Gasteiger charge is -2.22. The zero-order valence-corrected chi connectivity index (χ0v) is 12.7. The van der Waals surface area contributed by atoms with Crippen molar-refractivity contribution in [3.63, 3.8) is 0 Å². The third kappa shape index (κ3) is 6.97. The van der Waals surface area contributed by atoms with Gasteiger partial charge in [0.15, 0.2) is 0 Å². The Labute approximate surface area is 124 Å². The third-order valence-electron chi connectivity index (χ3n) is 2.96. The number of alkyl carbamates (subject to hydrolysis) is 1. The summed E-state index contributed by atoms with van der Waals surface area (Å²) >= 11 is 0. The third-order valence-corrected chi connectivity index (χ3v) is 2.96. The standard InChI is InChI=1S/C14H23NO6/c1-14(2,3)21-13(19)15-10(12(17)18)8-11(16)20-9-6-4-5-7-9/h9-10H,4-8H2,1-3H3,(H,15,19)(H,17,18). The van der Waals surface area contributed by atoms with Crippen LogP contribution in [0.4, 0.5) is 4.79 Å². The van der Waals surface area contributed by atoms with Gasteiger partial charge >= 0.3 is 18.0 Å². The molecule has 1 saturated carbocycles. The molecule has 1 unspecified atom stereocenters. The predicted molar refractivity (Wildman–Crippen MR) is 73.8 cm³/mol. The molecular formula is C14H23NO6. The lowest BCUT2D eigenvalue weighted by Crippen LogP contribution is -2.45. The van der Waals surface area contributed by atoms with E-state index in [0.29, 0.717) is 0 Å². The Bertz CT molecular complexity index is 395. The van der Waals surface area contributed by atoms with E-state index in [1.54, 1.807) is 20.8 Å². The summed E-state index contributed by atoms with van der Waals surface area (Å²) in [5.74, 6) is -1.92. The Hall–Kier alpha value is -1.79. The highest BCUT2D eigenvalue weighted by atomic mass is 16.6. The molecule has 0 heterocycles. The smallest absolute Gasteiger partial charge is 0.408 e. The molecule has 1 aliphatic rings. The van der Waals surface area contributed by atoms with Gasteiger partial charge in [-0.25, -0.2) is 9.59 Å². The molecule has 0 spiro atoms. The Kier molecular flexibility index (Phi) is 5.99. The van der Waals surface area contributed by atoms with E-state index in [1.807, 2.05) is 0 Å². The molecule has 1 atom stereocenters. The number of hydrogen-bond acceptors (Lipinski definition) is 5. The molecule has 0 aromatic rings. The van der Waals surface area contributed by atoms with Crippen LogP contribution in [0, 0.1) is 0 Å². The average Bonchev–Trinajstić information content (AvgIpc) is 2.77. The Morgan fingerprint density at radius 3 is 2.29 bits per heavy atom. The van der Waals surface area contributed by atoms with Crippen molar-refractivity contribution in [2.75, 3.05) is 0 Å². The second kappa shape index (κ2) is 7.28. The van der Waals surface area contributed by atoms with Crippen LogP contribution in [0.1, 0.15) is 52.9 Å². The van der Waals surface area contributed by atoms with Crippen molar-refractivity contribution >= 4 is 18.0 Å². The molecule has 21 heavy (non-hydrogen) atoms. The first-order valence-corrected chi connectivity index (χ1v) is 7.09. The maximum atomic E-state index is 11.7. The summed E-state index contributed by atoms with van der Waals surface area (Å²) < 4.78 is 10.1. The lowest BCUT2D eigenvalue weighted by molar-refractivity contribution is -0.153. The molecule has 7 heteroatoms. The summed E-state index contributed by atoms with van der Waals surface area (Å²) in [6.07, 6.45) is 2.22. The van der Waals surface area contributed by atoms with Crippen molar-refractivity contribution in [3.05, 3.63) is 0 Å². The van der Waals surface area contributed by atoms with Gasteiger partial charge in [-0.3, -0.25) is 4.79 Å². The summed E-state index contributed by atoms with van der Waals surface area (Å²) in [7, 11) is 0. The number of carboxylic acids is 1. The van der Waals surface area contributed by atoms with Crippen LogP contribution < -0.4 is 5.32 Å². The number of rotatable bonds is 5. The Morgan fingerprint density at radius 2 is 1.81 bits per heavy atom. The first-order chi connectivity index (χ1) is 9.67. The minimum Gasteiger partial charge on any atom is -0.480 e. The number of amides is 1. The van der Waals surface area contributed by atoms with E-state index in [-0.39, 0.29) is 6.10 Å². The van der Waals surface area contributed by atoms with Gasteiger partial charge in [-0.15, -0.1) is 0 Å². The van der Waals surface area contributed by atoms with Gasteiger partial charge in [0.1, 0.15) is 17.7 Å². The molecule has 1 aliphatic carbocycles. The number of esters is 1. The number of ether oxygens (including phenoxy) is 2. The average molecular weight is 301 g/mol. The van der Waals surface area contributed by atoms with Gasteiger partial charge in [-0.05, 0) is 46.5 Å². The maximum absolute atomic E-state index is 11.7. The van der Waals surface area contributed by atoms with E-state index < -0.39 is 36.1 Å². The van der Waals surface area contributed by atoms with E-state index in [4.69, 9.17) is 14.6 Å². The SMILES string of the molecule is CC(C)(C)OC(=O)NC(CC(=O)OC1CCCC1)C(=O)O. The van der Waals surface area contributed by atoms with Crippen molar-refractivity contribution in [3.8, 4) is 0 Å². The lowest BCUT2D eigenvalue weighted by atomic mass is 10.2. The van der Waals surface area contributed by atoms with Crippen LogP contribution in [0.25, 0.3) is 0 Å². The summed E-state index contributed by atoms with van der Waals surface area (Å²) in [4.78, 5) is 34.3. The van der Waals surface area contributed by atoms with Crippen LogP contribution in [0.2, 0.25) is 0 Å². The van der Waals surface area contributed by atoms with E-state index in [9.17, 15) is 14.4 Å². The van der Waals surface area contributed by atoms with Crippen LogP contribution in [-0.4, -0.2) is 40.9 Å². The second-order valence-electron chi connectivity index (χ2n) is 6.14. The van der Waals surface area contributed by atoms with Gasteiger partial charge in [0.05, 0.1) is 6.42 Å². The fraction of sp³-hybridized carbons (Fsp3) is 0.786. The van der Waals surface area contributed by atoms with Crippen molar-refractivity contribution in [1.82, 2.24) is 5.32 Å². The fourth-order valence-corrected chi connectivity index (χ4v) is 2.06. The van der Waals surface area contributed by atoms with Crippen LogP contribution in [0.5, 0.6) is 0 Å². The van der Waals surface area contributed by atoms with E-state index in [1.165, 1.54) is 0 Å². The number of carbonyl (C=O) groups is 3. The highest BCUT2D eigenvalue weighted by Crippen LogP contribution is 2.21. The molecule has 0 aliphatic heterocycles. The monoisotopic (exact) mass is 301 g/mol. The van der Waals surface area contributed by atoms with Crippen molar-refractivity contribution in [2.24, 2.45) is 0 Å². The molecule has 120 valence electrons. The van der Waals surface area contributed by atoms with E-state index >= 15 is 0 Å². The van der Waals surface area contributed by atoms with Crippen LogP contribution in [0.3, 0.4) is 0 Å². The minimum atomic E-state index is -1.35. The van der Waals surface area contributed by atoms with Crippen LogP contribution in [0.15, 0.2) is 0 Å². The van der Waals surface area contributed by atoms with Crippen molar-refractivity contribution in [1.29, 1.82) is 0 Å². The summed E-state index contributed by atoms with van der Waals surface area (Å²) in [5, 5.41) is 11.2. The van der Waals surface area contributed by atoms with Gasteiger partial charge in [0.25, 0.3) is 0 Å². The Balaban J connectivity index is 2.47. The zero-order chi connectivity index (χ0) is 16.0. The van der Waals surface area contributed by atoms with E-state index in [2.05, 4.69) is 5.32 Å². The van der Waals surface area contributed by atoms with Gasteiger partial charge in [0, 0.05) is 0 Å². The van der Waals surface area contributed by atoms with E-state index in [0.717, 1.165) is 25.7 Å². The number of carbonyl (C=O) groups excluding carboxylic acids is 2. The molecule has 0 aromatic heterocycles. The van der Waals surface area contributed by atoms with Crippen molar-refractivity contribution < 1.29 is 29.0 Å². The largest absolute Gasteiger partial charge is 0.480 e. The molecule has 0 radical (unpaired) electrons. The second-order valence-corrected chi connectivity index (χ2v) is 6.14. The minimum absolute atomic E-state index is 0.131. The Morgan fingerprint density at radius 1 is 1.24 bits per heavy atom. The molecular weight excluding hydrogens is 278 g/mol. The zero-order valence-electron chi connectivity index (χ0n) is 12.7. The number of carboxylic acid groups (broad SMARTS) is 1. The molecule has 1 amide bonds. The first kappa shape index (κ1) is 17.3. The molecule has 0 aromatic carbocycles. The molecule has 0 bridgehead atoms. The maximum Gasteiger partial charge on any atom is 0.408 e. The molecule has 7 nitrogen and oxygen atoms in total. The van der Waals surface area contributed by atoms with Gasteiger partial charge < -0.3 is 19.9 Å². The quantitative estimate of drug-likeness (QED) is 0.751. The predicted octanol–water partition coefficient (Wildman–Crippen LogP) is 1.84. The number of hydrogen-bond donors (Lipinski definition) is 2. The van der Waals surface area contributed by atoms with Gasteiger partial charge in [-0.2, -0.15) is 0 Å². The fourth-order valence-electron chi connectivity index (χ4n) is 2.06. The normalized spacial score (nSPS) is 17.1. The highest BCUT2D eigenvalue weighted by molar-refractivity contribution is 5.85. The summed E-state index contributed by atoms with van der Waals surface area (Å²) in [6, 6.07) is -1.35. The van der Waals surface area contributed by atoms with Gasteiger partial charge in [-0.1, -0.05) is 0 Å². The first-order valence-electron chi connectivity index (χ1n) is 7.09. The number of aliphatic carboxylic acids is 1. The molecule has 2 N–H and O–H groups in total. The van der Waals surface area contributed by atoms with Crippen LogP contribution in [-0.2, 0) is 19.1 Å². The molecule has 1 fully saturated rings. The van der Waals surface area contributed by atoms with Crippen molar-refractivity contribution in [2.45, 2.75) is 70.6 Å². The highest BCUT2D eigenvalue weighted by Gasteiger charge is 2.28. The summed E-state index contributed by atoms with van der Waals surface area (Å²) in [6.45, 7) is 4.99. The molecule has 0 saturated heterocycles. The molecule has 1 rings (SSSR count).